The Morgan fingerprint density at radius 1 is 0.667 bits per heavy atom. The summed E-state index contributed by atoms with van der Waals surface area (Å²) in [7, 11) is 0. The molecule has 0 amide bonds. The van der Waals surface area contributed by atoms with Crippen LogP contribution in [0.3, 0.4) is 0 Å². The van der Waals surface area contributed by atoms with Crippen LogP contribution in [0.2, 0.25) is 0 Å². The molecule has 1 aromatic heterocycles. The van der Waals surface area contributed by atoms with E-state index in [0.29, 0.717) is 0 Å². The fraction of sp³-hybridized carbons (Fsp3) is 0.406. The predicted octanol–water partition coefficient (Wildman–Crippen LogP) is 8.57. The Labute approximate surface area is 200 Å². The van der Waals surface area contributed by atoms with Crippen molar-refractivity contribution in [2.45, 2.75) is 62.3 Å². The van der Waals surface area contributed by atoms with Gasteiger partial charge in [-0.2, -0.15) is 0 Å². The molecule has 0 aliphatic heterocycles. The number of hydrogen-bond acceptors (Lipinski definition) is 1. The molecule has 0 N–H and O–H groups in total. The van der Waals surface area contributed by atoms with Gasteiger partial charge in [0, 0.05) is 23.2 Å². The van der Waals surface area contributed by atoms with Gasteiger partial charge in [-0.3, -0.25) is 4.98 Å². The maximum atomic E-state index is 4.30. The summed E-state index contributed by atoms with van der Waals surface area (Å²) in [6, 6.07) is 4.32. The molecule has 0 spiro atoms. The number of pyridine rings is 1. The topological polar surface area (TPSA) is 12.9 Å². The quantitative estimate of drug-likeness (QED) is 0.430. The van der Waals surface area contributed by atoms with Crippen LogP contribution in [-0.2, 0) is 0 Å². The lowest BCUT2D eigenvalue weighted by atomic mass is 9.43. The average molecular weight is 436 g/mol. The Balaban J connectivity index is 1.93. The molecule has 33 heavy (non-hydrogen) atoms. The van der Waals surface area contributed by atoms with Gasteiger partial charge in [0.15, 0.2) is 0 Å². The molecule has 5 rings (SSSR count). The third-order valence-corrected chi connectivity index (χ3v) is 8.56. The van der Waals surface area contributed by atoms with E-state index < -0.39 is 0 Å². The smallest absolute Gasteiger partial charge is 0.0315 e. The summed E-state index contributed by atoms with van der Waals surface area (Å²) in [6.07, 6.45) is 18.7. The van der Waals surface area contributed by atoms with Crippen LogP contribution in [0.1, 0.15) is 67.9 Å². The molecular formula is C32H37N. The Hall–Kier alpha value is -2.67. The Morgan fingerprint density at radius 3 is 1.85 bits per heavy atom. The highest BCUT2D eigenvalue weighted by atomic mass is 14.6. The van der Waals surface area contributed by atoms with E-state index in [1.807, 2.05) is 12.4 Å². The predicted molar refractivity (Wildman–Crippen MR) is 140 cm³/mol. The van der Waals surface area contributed by atoms with Crippen molar-refractivity contribution in [2.24, 2.45) is 21.7 Å². The van der Waals surface area contributed by atoms with Crippen LogP contribution in [-0.4, -0.2) is 4.98 Å². The van der Waals surface area contributed by atoms with E-state index in [2.05, 4.69) is 116 Å². The molecule has 0 aromatic carbocycles. The maximum absolute atomic E-state index is 4.30. The van der Waals surface area contributed by atoms with E-state index in [-0.39, 0.29) is 21.7 Å². The molecule has 0 saturated carbocycles. The second kappa shape index (κ2) is 6.69. The molecule has 0 unspecified atom stereocenters. The average Bonchev–Trinajstić information content (AvgIpc) is 2.72. The van der Waals surface area contributed by atoms with Crippen LogP contribution in [0.4, 0.5) is 0 Å². The minimum atomic E-state index is -0.129. The number of hydrogen-bond donors (Lipinski definition) is 0. The summed E-state index contributed by atoms with van der Waals surface area (Å²) in [6.45, 7) is 21.2. The molecule has 0 radical (unpaired) electrons. The molecule has 1 nitrogen and oxygen atoms in total. The van der Waals surface area contributed by atoms with Gasteiger partial charge in [-0.15, -0.1) is 0 Å². The number of rotatable bonds is 1. The van der Waals surface area contributed by atoms with E-state index in [4.69, 9.17) is 0 Å². The second-order valence-electron chi connectivity index (χ2n) is 12.6. The van der Waals surface area contributed by atoms with Gasteiger partial charge >= 0.3 is 0 Å². The zero-order chi connectivity index (χ0) is 24.0. The van der Waals surface area contributed by atoms with Crippen molar-refractivity contribution in [1.29, 1.82) is 0 Å². The largest absolute Gasteiger partial charge is 0.265 e. The van der Waals surface area contributed by atoms with Gasteiger partial charge in [-0.25, -0.2) is 0 Å². The first-order valence-electron chi connectivity index (χ1n) is 12.2. The molecule has 1 aromatic rings. The fourth-order valence-corrected chi connectivity index (χ4v) is 6.14. The standard InChI is InChI=1S/C32H37N/c1-20-14-24-15-23(30(5,6)7)19-28-26(21-10-12-33-13-11-21)17-25-16-22(29(2,3)4)18-27(20)31(25,8)32(24,28)9/h10-19H,1-9H3/t31-,32+/m1/s1. The molecule has 0 fully saturated rings. The second-order valence-corrected chi connectivity index (χ2v) is 12.6. The van der Waals surface area contributed by atoms with Gasteiger partial charge in [0.2, 0.25) is 0 Å². The molecular weight excluding hydrogens is 398 g/mol. The van der Waals surface area contributed by atoms with E-state index in [1.165, 1.54) is 50.1 Å². The molecule has 4 aliphatic rings. The van der Waals surface area contributed by atoms with E-state index >= 15 is 0 Å². The number of nitrogens with zero attached hydrogens (tertiary/aromatic N) is 1. The van der Waals surface area contributed by atoms with Crippen molar-refractivity contribution >= 4 is 5.57 Å². The fourth-order valence-electron chi connectivity index (χ4n) is 6.14. The molecule has 2 atom stereocenters. The Bertz CT molecular complexity index is 1270. The van der Waals surface area contributed by atoms with Crippen molar-refractivity contribution in [3.63, 3.8) is 0 Å². The van der Waals surface area contributed by atoms with Crippen molar-refractivity contribution in [3.8, 4) is 0 Å². The lowest BCUT2D eigenvalue weighted by Crippen LogP contribution is -2.49. The molecule has 4 aliphatic carbocycles. The summed E-state index contributed by atoms with van der Waals surface area (Å²) in [5.74, 6) is 0. The third kappa shape index (κ3) is 2.94. The summed E-state index contributed by atoms with van der Waals surface area (Å²) in [5.41, 5.74) is 12.5. The van der Waals surface area contributed by atoms with Crippen molar-refractivity contribution in [3.05, 3.63) is 106 Å². The van der Waals surface area contributed by atoms with Crippen LogP contribution in [0.25, 0.3) is 5.57 Å². The Kier molecular flexibility index (Phi) is 4.49. The normalized spacial score (nSPS) is 28.8. The zero-order valence-electron chi connectivity index (χ0n) is 21.7. The molecule has 1 heterocycles. The minimum Gasteiger partial charge on any atom is -0.265 e. The highest BCUT2D eigenvalue weighted by Crippen LogP contribution is 2.69. The van der Waals surface area contributed by atoms with Crippen LogP contribution >= 0.6 is 0 Å². The monoisotopic (exact) mass is 435 g/mol. The van der Waals surface area contributed by atoms with Crippen molar-refractivity contribution in [1.82, 2.24) is 4.98 Å². The number of aromatic nitrogens is 1. The lowest BCUT2D eigenvalue weighted by Gasteiger charge is -2.59. The Morgan fingerprint density at radius 2 is 1.24 bits per heavy atom. The van der Waals surface area contributed by atoms with Crippen LogP contribution in [0.15, 0.2) is 100.0 Å². The van der Waals surface area contributed by atoms with E-state index in [1.54, 1.807) is 0 Å². The first-order chi connectivity index (χ1) is 15.3. The summed E-state index contributed by atoms with van der Waals surface area (Å²) in [5, 5.41) is 0. The van der Waals surface area contributed by atoms with Gasteiger partial charge < -0.3 is 0 Å². The number of allylic oxidation sites excluding steroid dienone is 14. The lowest BCUT2D eigenvalue weighted by molar-refractivity contribution is 0.243. The molecule has 0 bridgehead atoms. The van der Waals surface area contributed by atoms with E-state index in [9.17, 15) is 0 Å². The van der Waals surface area contributed by atoms with E-state index in [0.717, 1.165) is 0 Å². The third-order valence-electron chi connectivity index (χ3n) is 8.56. The first-order valence-corrected chi connectivity index (χ1v) is 12.2. The van der Waals surface area contributed by atoms with Crippen LogP contribution < -0.4 is 0 Å². The van der Waals surface area contributed by atoms with Crippen molar-refractivity contribution in [2.75, 3.05) is 0 Å². The first kappa shape index (κ1) is 22.1. The van der Waals surface area contributed by atoms with Gasteiger partial charge in [0.25, 0.3) is 0 Å². The van der Waals surface area contributed by atoms with Crippen LogP contribution in [0.5, 0.6) is 0 Å². The highest BCUT2D eigenvalue weighted by Gasteiger charge is 2.58. The SMILES string of the molecule is CC1=CC2=CC(C(C)(C)C)=CC3=C(c4ccncc4)C=C4C=C(C(C)(C)C)C=C1[C@]4(C)[C@@]23C. The molecule has 0 saturated heterocycles. The van der Waals surface area contributed by atoms with Crippen molar-refractivity contribution < 1.29 is 0 Å². The highest BCUT2D eigenvalue weighted by molar-refractivity contribution is 5.87. The zero-order valence-corrected chi connectivity index (χ0v) is 21.7. The maximum Gasteiger partial charge on any atom is 0.0315 e. The summed E-state index contributed by atoms with van der Waals surface area (Å²) >= 11 is 0. The van der Waals surface area contributed by atoms with Crippen LogP contribution in [0, 0.1) is 21.7 Å². The van der Waals surface area contributed by atoms with Gasteiger partial charge in [0.05, 0.1) is 0 Å². The summed E-state index contributed by atoms with van der Waals surface area (Å²) < 4.78 is 0. The summed E-state index contributed by atoms with van der Waals surface area (Å²) in [4.78, 5) is 4.30. The van der Waals surface area contributed by atoms with Gasteiger partial charge in [0.1, 0.15) is 0 Å². The van der Waals surface area contributed by atoms with Gasteiger partial charge in [-0.05, 0) is 86.1 Å². The molecule has 1 heteroatoms. The molecule has 170 valence electrons. The van der Waals surface area contributed by atoms with Gasteiger partial charge in [-0.1, -0.05) is 85.8 Å². The minimum absolute atomic E-state index is 0.0827.